The summed E-state index contributed by atoms with van der Waals surface area (Å²) in [6, 6.07) is 13.9. The Bertz CT molecular complexity index is 2130. The number of allylic oxidation sites excluding steroid dienone is 1. The van der Waals surface area contributed by atoms with Crippen molar-refractivity contribution in [2.75, 3.05) is 13.7 Å². The Hall–Kier alpha value is -5.83. The van der Waals surface area contributed by atoms with Gasteiger partial charge in [-0.15, -0.1) is 0 Å². The summed E-state index contributed by atoms with van der Waals surface area (Å²) in [5.74, 6) is 0.419. The Morgan fingerprint density at radius 2 is 1.73 bits per heavy atom. The van der Waals surface area contributed by atoms with E-state index in [1.54, 1.807) is 62.4 Å². The van der Waals surface area contributed by atoms with Crippen LogP contribution in [0.4, 0.5) is 11.4 Å². The molecule has 14 nitrogen and oxygen atoms in total. The van der Waals surface area contributed by atoms with Crippen LogP contribution < -0.4 is 29.1 Å². The van der Waals surface area contributed by atoms with Crippen molar-refractivity contribution in [2.45, 2.75) is 39.8 Å². The lowest BCUT2D eigenvalue weighted by Crippen LogP contribution is -2.40. The van der Waals surface area contributed by atoms with Gasteiger partial charge in [-0.2, -0.15) is 0 Å². The van der Waals surface area contributed by atoms with Crippen molar-refractivity contribution in [3.8, 4) is 23.0 Å². The number of carbonyl (C=O) groups is 1. The molecule has 0 unspecified atom stereocenters. The molecule has 0 spiro atoms. The van der Waals surface area contributed by atoms with E-state index >= 15 is 0 Å². The number of ether oxygens (including phenoxy) is 4. The zero-order chi connectivity index (χ0) is 34.7. The molecule has 4 aromatic rings. The molecule has 48 heavy (non-hydrogen) atoms. The van der Waals surface area contributed by atoms with Crippen LogP contribution in [0, 0.1) is 20.2 Å². The number of benzene rings is 3. The molecule has 0 N–H and O–H groups in total. The van der Waals surface area contributed by atoms with Gasteiger partial charge in [-0.25, -0.2) is 9.79 Å². The number of rotatable bonds is 11. The minimum Gasteiger partial charge on any atom is -0.493 e. The van der Waals surface area contributed by atoms with Crippen LogP contribution in [0.25, 0.3) is 6.08 Å². The van der Waals surface area contributed by atoms with Gasteiger partial charge in [0.1, 0.15) is 5.75 Å². The summed E-state index contributed by atoms with van der Waals surface area (Å²) in [6.07, 6.45) is 1.55. The second-order valence-electron chi connectivity index (χ2n) is 10.7. The third-order valence-corrected chi connectivity index (χ3v) is 8.12. The van der Waals surface area contributed by atoms with Crippen LogP contribution in [0.1, 0.15) is 44.9 Å². The highest BCUT2D eigenvalue weighted by Gasteiger charge is 2.34. The third kappa shape index (κ3) is 6.80. The average Bonchev–Trinajstić information content (AvgIpc) is 3.34. The van der Waals surface area contributed by atoms with Gasteiger partial charge in [0.25, 0.3) is 11.2 Å². The Labute approximate surface area is 277 Å². The number of esters is 1. The van der Waals surface area contributed by atoms with E-state index in [1.165, 1.54) is 11.7 Å². The molecule has 0 aliphatic carbocycles. The molecule has 0 radical (unpaired) electrons. The fraction of sp³-hybridized carbons (Fsp3) is 0.242. The maximum atomic E-state index is 14.0. The smallest absolute Gasteiger partial charge is 0.338 e. The van der Waals surface area contributed by atoms with E-state index in [0.29, 0.717) is 37.7 Å². The fourth-order valence-electron chi connectivity index (χ4n) is 5.07. The zero-order valence-electron chi connectivity index (χ0n) is 26.5. The molecule has 0 fully saturated rings. The first-order valence-corrected chi connectivity index (χ1v) is 15.5. The standard InChI is InChI=1S/C33H30N4O10S/c1-6-45-32(39)29-19(4)34-33-35(30(29)21-9-13-26(46-18(2)3)27(16-21)44-5)31(38)28(48-33)15-20-7-11-23(12-8-20)47-25-14-10-22(36(40)41)17-24(25)37(42)43/h7-18,30H,6H2,1-5H3/b28-15-/t30-/m1/s1. The van der Waals surface area contributed by atoms with Crippen molar-refractivity contribution in [3.63, 3.8) is 0 Å². The molecule has 3 aromatic carbocycles. The lowest BCUT2D eigenvalue weighted by Gasteiger charge is -2.25. The number of nitrogens with zero attached hydrogens (tertiary/aromatic N) is 4. The zero-order valence-corrected chi connectivity index (χ0v) is 27.3. The number of nitro benzene ring substituents is 2. The summed E-state index contributed by atoms with van der Waals surface area (Å²) in [4.78, 5) is 53.3. The van der Waals surface area contributed by atoms with Crippen molar-refractivity contribution >= 4 is 34.8 Å². The fourth-order valence-corrected chi connectivity index (χ4v) is 6.12. The van der Waals surface area contributed by atoms with Gasteiger partial charge < -0.3 is 18.9 Å². The molecule has 248 valence electrons. The summed E-state index contributed by atoms with van der Waals surface area (Å²) in [5.41, 5.74) is 0.457. The van der Waals surface area contributed by atoms with Gasteiger partial charge in [-0.3, -0.25) is 29.6 Å². The summed E-state index contributed by atoms with van der Waals surface area (Å²) in [5, 5.41) is 22.5. The van der Waals surface area contributed by atoms with Crippen molar-refractivity contribution in [1.82, 2.24) is 4.57 Å². The number of hydrogen-bond donors (Lipinski definition) is 0. The highest BCUT2D eigenvalue weighted by atomic mass is 32.1. The number of fused-ring (bicyclic) bond motifs is 1. The molecule has 0 amide bonds. The third-order valence-electron chi connectivity index (χ3n) is 7.14. The summed E-state index contributed by atoms with van der Waals surface area (Å²) >= 11 is 1.15. The summed E-state index contributed by atoms with van der Waals surface area (Å²) in [6.45, 7) is 7.30. The van der Waals surface area contributed by atoms with Gasteiger partial charge in [0, 0.05) is 6.07 Å². The lowest BCUT2D eigenvalue weighted by atomic mass is 9.95. The predicted molar refractivity (Wildman–Crippen MR) is 175 cm³/mol. The second kappa shape index (κ2) is 13.9. The molecule has 1 aliphatic rings. The molecule has 0 saturated carbocycles. The molecular formula is C33H30N4O10S. The van der Waals surface area contributed by atoms with E-state index in [9.17, 15) is 29.8 Å². The molecule has 15 heteroatoms. The number of thiazole rings is 1. The van der Waals surface area contributed by atoms with Gasteiger partial charge in [0.2, 0.25) is 5.75 Å². The van der Waals surface area contributed by atoms with E-state index in [0.717, 1.165) is 29.5 Å². The SMILES string of the molecule is CCOC(=O)C1=C(C)N=c2s/c(=C\c3ccc(Oc4ccc([N+](=O)[O-])cc4[N+](=O)[O-])cc3)c(=O)n2[C@@H]1c1ccc(OC(C)C)c(OC)c1. The molecular weight excluding hydrogens is 644 g/mol. The first-order valence-electron chi connectivity index (χ1n) is 14.7. The highest BCUT2D eigenvalue weighted by Crippen LogP contribution is 2.37. The minimum atomic E-state index is -0.863. The predicted octanol–water partition coefficient (Wildman–Crippen LogP) is 5.20. The van der Waals surface area contributed by atoms with E-state index < -0.39 is 33.2 Å². The molecule has 1 aliphatic heterocycles. The van der Waals surface area contributed by atoms with E-state index in [4.69, 9.17) is 18.9 Å². The number of carbonyl (C=O) groups excluding carboxylic acids is 1. The van der Waals surface area contributed by atoms with Crippen molar-refractivity contribution in [1.29, 1.82) is 0 Å². The maximum Gasteiger partial charge on any atom is 0.338 e. The topological polar surface area (TPSA) is 175 Å². The maximum absolute atomic E-state index is 14.0. The molecule has 0 bridgehead atoms. The van der Waals surface area contributed by atoms with Crippen LogP contribution >= 0.6 is 11.3 Å². The highest BCUT2D eigenvalue weighted by molar-refractivity contribution is 7.07. The lowest BCUT2D eigenvalue weighted by molar-refractivity contribution is -0.394. The van der Waals surface area contributed by atoms with Gasteiger partial charge in [0.05, 0.1) is 57.6 Å². The van der Waals surface area contributed by atoms with Crippen LogP contribution in [-0.4, -0.2) is 40.2 Å². The van der Waals surface area contributed by atoms with Crippen molar-refractivity contribution in [2.24, 2.45) is 4.99 Å². The monoisotopic (exact) mass is 674 g/mol. The Morgan fingerprint density at radius 1 is 1.02 bits per heavy atom. The van der Waals surface area contributed by atoms with E-state index in [-0.39, 0.29) is 35.3 Å². The Balaban J connectivity index is 1.54. The Kier molecular flexibility index (Phi) is 9.70. The number of aromatic nitrogens is 1. The number of methoxy groups -OCH3 is 1. The van der Waals surface area contributed by atoms with E-state index in [1.807, 2.05) is 13.8 Å². The van der Waals surface area contributed by atoms with Crippen LogP contribution in [-0.2, 0) is 9.53 Å². The van der Waals surface area contributed by atoms with Gasteiger partial charge >= 0.3 is 11.7 Å². The Morgan fingerprint density at radius 3 is 2.35 bits per heavy atom. The molecule has 1 atom stereocenters. The number of nitro groups is 2. The van der Waals surface area contributed by atoms with Gasteiger partial charge in [-0.1, -0.05) is 29.5 Å². The van der Waals surface area contributed by atoms with Gasteiger partial charge in [0.15, 0.2) is 16.3 Å². The van der Waals surface area contributed by atoms with Crippen LogP contribution in [0.2, 0.25) is 0 Å². The molecule has 1 aromatic heterocycles. The quantitative estimate of drug-likeness (QED) is 0.117. The number of hydrogen-bond acceptors (Lipinski definition) is 12. The largest absolute Gasteiger partial charge is 0.493 e. The minimum absolute atomic E-state index is 0.110. The summed E-state index contributed by atoms with van der Waals surface area (Å²) in [7, 11) is 1.51. The van der Waals surface area contributed by atoms with Crippen molar-refractivity contribution in [3.05, 3.63) is 123 Å². The summed E-state index contributed by atoms with van der Waals surface area (Å²) < 4.78 is 24.3. The van der Waals surface area contributed by atoms with Crippen molar-refractivity contribution < 1.29 is 33.6 Å². The molecule has 0 saturated heterocycles. The normalized spacial score (nSPS) is 14.3. The van der Waals surface area contributed by atoms with E-state index in [2.05, 4.69) is 4.99 Å². The number of non-ortho nitro benzene ring substituents is 1. The van der Waals surface area contributed by atoms with Gasteiger partial charge in [-0.05, 0) is 75.2 Å². The first-order chi connectivity index (χ1) is 22.9. The van der Waals surface area contributed by atoms with Crippen LogP contribution in [0.5, 0.6) is 23.0 Å². The van der Waals surface area contributed by atoms with Crippen LogP contribution in [0.15, 0.2) is 81.7 Å². The first kappa shape index (κ1) is 33.5. The second-order valence-corrected chi connectivity index (χ2v) is 11.7. The van der Waals surface area contributed by atoms with Crippen LogP contribution in [0.3, 0.4) is 0 Å². The average molecular weight is 675 g/mol. The molecule has 2 heterocycles. The molecule has 5 rings (SSSR count).